The molecule has 3 heteroatoms. The van der Waals surface area contributed by atoms with E-state index in [0.29, 0.717) is 5.56 Å². The predicted octanol–water partition coefficient (Wildman–Crippen LogP) is 5.14. The van der Waals surface area contributed by atoms with Crippen LogP contribution in [0.5, 0.6) is 5.75 Å². The van der Waals surface area contributed by atoms with E-state index < -0.39 is 5.97 Å². The highest BCUT2D eigenvalue weighted by Crippen LogP contribution is 2.34. The number of carboxylic acid groups (broad SMARTS) is 1. The van der Waals surface area contributed by atoms with Crippen molar-refractivity contribution in [2.24, 2.45) is 0 Å². The molecular weight excluding hydrogens is 312 g/mol. The molecular formula is C22H20O3. The maximum atomic E-state index is 10.2. The van der Waals surface area contributed by atoms with Crippen molar-refractivity contribution in [3.05, 3.63) is 102 Å². The Balaban J connectivity index is 0.000000173. The molecule has 4 rings (SSSR count). The van der Waals surface area contributed by atoms with Crippen LogP contribution in [0.1, 0.15) is 34.0 Å². The number of para-hydroxylation sites is 1. The lowest BCUT2D eigenvalue weighted by Crippen LogP contribution is -2.14. The van der Waals surface area contributed by atoms with Crippen LogP contribution in [0.4, 0.5) is 0 Å². The van der Waals surface area contributed by atoms with Gasteiger partial charge in [0, 0.05) is 0 Å². The van der Waals surface area contributed by atoms with Crippen molar-refractivity contribution in [1.29, 1.82) is 0 Å². The highest BCUT2D eigenvalue weighted by atomic mass is 16.5. The second-order valence-corrected chi connectivity index (χ2v) is 5.83. The molecule has 0 amide bonds. The van der Waals surface area contributed by atoms with Crippen LogP contribution >= 0.6 is 0 Å². The first-order chi connectivity index (χ1) is 12.2. The number of carbonyl (C=O) groups is 1. The largest absolute Gasteiger partial charge is 0.485 e. The van der Waals surface area contributed by atoms with Crippen LogP contribution in [0.2, 0.25) is 0 Å². The van der Waals surface area contributed by atoms with Crippen LogP contribution in [-0.2, 0) is 6.42 Å². The van der Waals surface area contributed by atoms with Crippen LogP contribution in [0, 0.1) is 0 Å². The molecule has 0 radical (unpaired) electrons. The number of aryl methyl sites for hydroxylation is 1. The molecule has 0 bridgehead atoms. The molecule has 1 aliphatic rings. The summed E-state index contributed by atoms with van der Waals surface area (Å²) in [5.41, 5.74) is 2.93. The molecule has 1 N–H and O–H groups in total. The van der Waals surface area contributed by atoms with E-state index in [2.05, 4.69) is 42.5 Å². The van der Waals surface area contributed by atoms with Gasteiger partial charge in [-0.15, -0.1) is 0 Å². The van der Waals surface area contributed by atoms with Crippen LogP contribution in [0.3, 0.4) is 0 Å². The molecule has 3 aromatic rings. The highest BCUT2D eigenvalue weighted by molar-refractivity contribution is 5.87. The van der Waals surface area contributed by atoms with Gasteiger partial charge in [0.05, 0.1) is 5.56 Å². The van der Waals surface area contributed by atoms with E-state index in [1.807, 2.05) is 12.1 Å². The molecule has 0 saturated carbocycles. The first-order valence-corrected chi connectivity index (χ1v) is 8.32. The molecule has 1 unspecified atom stereocenters. The Morgan fingerprint density at radius 2 is 1.44 bits per heavy atom. The average molecular weight is 332 g/mol. The Labute approximate surface area is 147 Å². The van der Waals surface area contributed by atoms with Crippen molar-refractivity contribution < 1.29 is 14.6 Å². The van der Waals surface area contributed by atoms with Crippen LogP contribution < -0.4 is 4.74 Å². The summed E-state index contributed by atoms with van der Waals surface area (Å²) in [6.07, 6.45) is 2.40. The second-order valence-electron chi connectivity index (χ2n) is 5.83. The summed E-state index contributed by atoms with van der Waals surface area (Å²) in [6.45, 7) is 0. The van der Waals surface area contributed by atoms with Gasteiger partial charge in [0.25, 0.3) is 0 Å². The van der Waals surface area contributed by atoms with Crippen molar-refractivity contribution in [1.82, 2.24) is 0 Å². The number of rotatable bonds is 2. The molecule has 0 saturated heterocycles. The fraction of sp³-hybridized carbons (Fsp3) is 0.136. The summed E-state index contributed by atoms with van der Waals surface area (Å²) >= 11 is 0. The smallest absolute Gasteiger partial charge is 0.335 e. The van der Waals surface area contributed by atoms with Crippen LogP contribution in [0.15, 0.2) is 84.9 Å². The third-order valence-electron chi connectivity index (χ3n) is 4.11. The molecule has 0 aliphatic carbocycles. The standard InChI is InChI=1S/C15H14O.C7H6O2/c1-2-6-12(7-3-1)15-11-10-13-8-4-5-9-14(13)16-15;8-7(9)6-4-2-1-3-5-6/h1-9,15H,10-11H2;1-5H,(H,8,9). The van der Waals surface area contributed by atoms with Gasteiger partial charge >= 0.3 is 5.97 Å². The number of hydrogen-bond donors (Lipinski definition) is 1. The highest BCUT2D eigenvalue weighted by Gasteiger charge is 2.20. The molecule has 1 heterocycles. The lowest BCUT2D eigenvalue weighted by Gasteiger charge is -2.26. The lowest BCUT2D eigenvalue weighted by atomic mass is 9.98. The zero-order valence-corrected chi connectivity index (χ0v) is 13.8. The minimum absolute atomic E-state index is 0.219. The Bertz CT molecular complexity index is 813. The van der Waals surface area contributed by atoms with Gasteiger partial charge in [-0.25, -0.2) is 4.79 Å². The molecule has 25 heavy (non-hydrogen) atoms. The van der Waals surface area contributed by atoms with Crippen molar-refractivity contribution in [2.75, 3.05) is 0 Å². The summed E-state index contributed by atoms with van der Waals surface area (Å²) in [5, 5.41) is 8.38. The third kappa shape index (κ3) is 4.48. The van der Waals surface area contributed by atoms with Gasteiger partial charge in [-0.1, -0.05) is 66.7 Å². The molecule has 3 aromatic carbocycles. The number of hydrogen-bond acceptors (Lipinski definition) is 2. The Kier molecular flexibility index (Phi) is 5.47. The Morgan fingerprint density at radius 3 is 2.08 bits per heavy atom. The van der Waals surface area contributed by atoms with Gasteiger partial charge in [-0.2, -0.15) is 0 Å². The second kappa shape index (κ2) is 8.15. The van der Waals surface area contributed by atoms with E-state index >= 15 is 0 Å². The minimum Gasteiger partial charge on any atom is -0.485 e. The van der Waals surface area contributed by atoms with Gasteiger partial charge in [0.15, 0.2) is 0 Å². The summed E-state index contributed by atoms with van der Waals surface area (Å²) in [5.74, 6) is 0.165. The van der Waals surface area contributed by atoms with Crippen LogP contribution in [-0.4, -0.2) is 11.1 Å². The molecule has 0 spiro atoms. The topological polar surface area (TPSA) is 46.5 Å². The third-order valence-corrected chi connectivity index (χ3v) is 4.11. The monoisotopic (exact) mass is 332 g/mol. The zero-order valence-electron chi connectivity index (χ0n) is 13.8. The predicted molar refractivity (Wildman–Crippen MR) is 98.0 cm³/mol. The van der Waals surface area contributed by atoms with Gasteiger partial charge in [0.2, 0.25) is 0 Å². The van der Waals surface area contributed by atoms with E-state index in [1.54, 1.807) is 30.3 Å². The van der Waals surface area contributed by atoms with E-state index in [1.165, 1.54) is 11.1 Å². The molecule has 0 aromatic heterocycles. The molecule has 0 fully saturated rings. The summed E-state index contributed by atoms with van der Waals surface area (Å²) in [7, 11) is 0. The Morgan fingerprint density at radius 1 is 0.840 bits per heavy atom. The van der Waals surface area contributed by atoms with Crippen LogP contribution in [0.25, 0.3) is 0 Å². The first-order valence-electron chi connectivity index (χ1n) is 8.32. The lowest BCUT2D eigenvalue weighted by molar-refractivity contribution is 0.0697. The minimum atomic E-state index is -0.879. The average Bonchev–Trinajstić information content (AvgIpc) is 2.69. The number of fused-ring (bicyclic) bond motifs is 1. The van der Waals surface area contributed by atoms with E-state index in [-0.39, 0.29) is 6.10 Å². The maximum absolute atomic E-state index is 10.2. The Hall–Kier alpha value is -3.07. The van der Waals surface area contributed by atoms with Gasteiger partial charge in [-0.05, 0) is 42.2 Å². The molecule has 3 nitrogen and oxygen atoms in total. The van der Waals surface area contributed by atoms with Gasteiger partial charge < -0.3 is 9.84 Å². The molecule has 1 aliphatic heterocycles. The van der Waals surface area contributed by atoms with Crippen molar-refractivity contribution in [3.8, 4) is 5.75 Å². The number of aromatic carboxylic acids is 1. The van der Waals surface area contributed by atoms with Crippen molar-refractivity contribution in [2.45, 2.75) is 18.9 Å². The summed E-state index contributed by atoms with van der Waals surface area (Å²) < 4.78 is 6.02. The van der Waals surface area contributed by atoms with Gasteiger partial charge in [0.1, 0.15) is 11.9 Å². The molecule has 126 valence electrons. The van der Waals surface area contributed by atoms with Crippen molar-refractivity contribution in [3.63, 3.8) is 0 Å². The normalized spacial score (nSPS) is 15.1. The summed E-state index contributed by atoms with van der Waals surface area (Å²) in [6, 6.07) is 27.1. The van der Waals surface area contributed by atoms with Crippen molar-refractivity contribution >= 4 is 5.97 Å². The maximum Gasteiger partial charge on any atom is 0.335 e. The molecule has 1 atom stereocenters. The fourth-order valence-corrected chi connectivity index (χ4v) is 2.81. The van der Waals surface area contributed by atoms with E-state index in [0.717, 1.165) is 18.6 Å². The fourth-order valence-electron chi connectivity index (χ4n) is 2.81. The SMILES string of the molecule is O=C(O)c1ccccc1.c1ccc(C2CCc3ccccc3O2)cc1. The first kappa shape index (κ1) is 16.8. The number of ether oxygens (including phenoxy) is 1. The van der Waals surface area contributed by atoms with E-state index in [4.69, 9.17) is 9.84 Å². The van der Waals surface area contributed by atoms with E-state index in [9.17, 15) is 4.79 Å². The number of benzene rings is 3. The summed E-state index contributed by atoms with van der Waals surface area (Å²) in [4.78, 5) is 10.2. The van der Waals surface area contributed by atoms with Gasteiger partial charge in [-0.3, -0.25) is 0 Å². The quantitative estimate of drug-likeness (QED) is 0.707. The number of carboxylic acids is 1. The zero-order chi connectivity index (χ0) is 17.5.